The number of hydrogen-bond donors (Lipinski definition) is 2. The summed E-state index contributed by atoms with van der Waals surface area (Å²) in [5.74, 6) is -0.233. The van der Waals surface area contributed by atoms with Crippen LogP contribution in [0, 0.1) is 6.92 Å². The number of aromatic nitrogens is 3. The van der Waals surface area contributed by atoms with Crippen molar-refractivity contribution in [2.45, 2.75) is 13.5 Å². The number of pyridine rings is 3. The van der Waals surface area contributed by atoms with Crippen LogP contribution < -0.4 is 11.1 Å². The predicted octanol–water partition coefficient (Wildman–Crippen LogP) is 4.03. The molecule has 3 N–H and O–H groups in total. The molecule has 6 nitrogen and oxygen atoms in total. The SMILES string of the molecule is Cc1cc(-c2ccc(CNC(=O)c3ccc(-c4cccc(N)c4)cn3)cn2)ccn1. The summed E-state index contributed by atoms with van der Waals surface area (Å²) in [7, 11) is 0. The minimum absolute atomic E-state index is 0.233. The zero-order valence-electron chi connectivity index (χ0n) is 16.5. The van der Waals surface area contributed by atoms with E-state index in [1.165, 1.54) is 0 Å². The number of nitrogens with one attached hydrogen (secondary N) is 1. The van der Waals surface area contributed by atoms with Crippen LogP contribution in [0.25, 0.3) is 22.4 Å². The number of anilines is 1. The molecule has 0 aliphatic rings. The van der Waals surface area contributed by atoms with Gasteiger partial charge < -0.3 is 11.1 Å². The Morgan fingerprint density at radius 3 is 2.50 bits per heavy atom. The van der Waals surface area contributed by atoms with Gasteiger partial charge in [0.1, 0.15) is 5.69 Å². The first-order valence-corrected chi connectivity index (χ1v) is 9.56. The van der Waals surface area contributed by atoms with Crippen LogP contribution >= 0.6 is 0 Å². The Morgan fingerprint density at radius 1 is 0.900 bits per heavy atom. The summed E-state index contributed by atoms with van der Waals surface area (Å²) in [4.78, 5) is 25.4. The number of aryl methyl sites for hydroxylation is 1. The largest absolute Gasteiger partial charge is 0.399 e. The molecule has 0 aliphatic carbocycles. The molecule has 4 rings (SSSR count). The standard InChI is InChI=1S/C24H21N5O/c1-16-11-19(9-10-26-16)22-7-5-17(13-27-22)14-29-24(30)23-8-6-20(15-28-23)18-3-2-4-21(25)12-18/h2-13,15H,14,25H2,1H3,(H,29,30). The molecule has 3 aromatic heterocycles. The van der Waals surface area contributed by atoms with Gasteiger partial charge in [-0.2, -0.15) is 0 Å². The number of amides is 1. The molecule has 0 saturated heterocycles. The average Bonchev–Trinajstić information content (AvgIpc) is 2.78. The fourth-order valence-electron chi connectivity index (χ4n) is 3.09. The first-order chi connectivity index (χ1) is 14.6. The number of benzene rings is 1. The first-order valence-electron chi connectivity index (χ1n) is 9.56. The lowest BCUT2D eigenvalue weighted by Crippen LogP contribution is -2.23. The van der Waals surface area contributed by atoms with Gasteiger partial charge in [0.15, 0.2) is 0 Å². The second-order valence-corrected chi connectivity index (χ2v) is 6.98. The van der Waals surface area contributed by atoms with E-state index in [1.807, 2.05) is 61.5 Å². The molecule has 0 unspecified atom stereocenters. The van der Waals surface area contributed by atoms with Crippen LogP contribution in [0.4, 0.5) is 5.69 Å². The highest BCUT2D eigenvalue weighted by atomic mass is 16.1. The minimum Gasteiger partial charge on any atom is -0.399 e. The van der Waals surface area contributed by atoms with Gasteiger partial charge in [0.2, 0.25) is 0 Å². The van der Waals surface area contributed by atoms with Crippen molar-refractivity contribution in [2.24, 2.45) is 0 Å². The van der Waals surface area contributed by atoms with Crippen LogP contribution in [0.15, 0.2) is 79.3 Å². The lowest BCUT2D eigenvalue weighted by atomic mass is 10.1. The van der Waals surface area contributed by atoms with Crippen LogP contribution in [-0.2, 0) is 6.54 Å². The van der Waals surface area contributed by atoms with E-state index in [9.17, 15) is 4.79 Å². The summed E-state index contributed by atoms with van der Waals surface area (Å²) in [6, 6.07) is 18.9. The Balaban J connectivity index is 1.38. The molecule has 1 amide bonds. The summed E-state index contributed by atoms with van der Waals surface area (Å²) in [5, 5.41) is 2.88. The summed E-state index contributed by atoms with van der Waals surface area (Å²) < 4.78 is 0. The molecular formula is C24H21N5O. The van der Waals surface area contributed by atoms with Crippen molar-refractivity contribution in [1.82, 2.24) is 20.3 Å². The molecule has 148 valence electrons. The molecule has 0 atom stereocenters. The smallest absolute Gasteiger partial charge is 0.270 e. The summed E-state index contributed by atoms with van der Waals surface area (Å²) in [5.41, 5.74) is 12.5. The fourth-order valence-corrected chi connectivity index (χ4v) is 3.09. The molecule has 0 spiro atoms. The van der Waals surface area contributed by atoms with Gasteiger partial charge in [-0.3, -0.25) is 19.7 Å². The van der Waals surface area contributed by atoms with Gasteiger partial charge in [-0.05, 0) is 54.4 Å². The molecule has 30 heavy (non-hydrogen) atoms. The quantitative estimate of drug-likeness (QED) is 0.498. The van der Waals surface area contributed by atoms with Gasteiger partial charge in [-0.25, -0.2) is 0 Å². The number of carbonyl (C=O) groups excluding carboxylic acids is 1. The first kappa shape index (κ1) is 19.3. The number of nitrogen functional groups attached to an aromatic ring is 1. The number of rotatable bonds is 5. The molecule has 4 aromatic rings. The van der Waals surface area contributed by atoms with E-state index in [0.717, 1.165) is 33.6 Å². The highest BCUT2D eigenvalue weighted by molar-refractivity contribution is 5.92. The summed E-state index contributed by atoms with van der Waals surface area (Å²) >= 11 is 0. The number of nitrogens with zero attached hydrogens (tertiary/aromatic N) is 3. The molecule has 3 heterocycles. The number of nitrogens with two attached hydrogens (primary N) is 1. The third-order valence-corrected chi connectivity index (χ3v) is 4.69. The van der Waals surface area contributed by atoms with Crippen LogP contribution in [0.3, 0.4) is 0 Å². The minimum atomic E-state index is -0.233. The monoisotopic (exact) mass is 395 g/mol. The van der Waals surface area contributed by atoms with Crippen molar-refractivity contribution in [3.8, 4) is 22.4 Å². The van der Waals surface area contributed by atoms with Crippen molar-refractivity contribution in [2.75, 3.05) is 5.73 Å². The molecule has 0 fully saturated rings. The third kappa shape index (κ3) is 4.50. The second kappa shape index (κ2) is 8.53. The Hall–Kier alpha value is -4.06. The van der Waals surface area contributed by atoms with Gasteiger partial charge in [-0.1, -0.05) is 24.3 Å². The van der Waals surface area contributed by atoms with Gasteiger partial charge >= 0.3 is 0 Å². The summed E-state index contributed by atoms with van der Waals surface area (Å²) in [6.45, 7) is 2.32. The van der Waals surface area contributed by atoms with Gasteiger partial charge in [0.05, 0.1) is 5.69 Å². The second-order valence-electron chi connectivity index (χ2n) is 6.98. The Labute approximate surface area is 174 Å². The normalized spacial score (nSPS) is 10.6. The zero-order chi connectivity index (χ0) is 20.9. The lowest BCUT2D eigenvalue weighted by Gasteiger charge is -2.07. The van der Waals surface area contributed by atoms with Crippen molar-refractivity contribution < 1.29 is 4.79 Å². The van der Waals surface area contributed by atoms with Crippen LogP contribution in [0.5, 0.6) is 0 Å². The van der Waals surface area contributed by atoms with Gasteiger partial charge in [0.25, 0.3) is 5.91 Å². The Morgan fingerprint density at radius 2 is 1.80 bits per heavy atom. The van der Waals surface area contributed by atoms with E-state index in [2.05, 4.69) is 20.3 Å². The molecule has 0 radical (unpaired) electrons. The molecule has 6 heteroatoms. The van der Waals surface area contributed by atoms with E-state index < -0.39 is 0 Å². The topological polar surface area (TPSA) is 93.8 Å². The maximum absolute atomic E-state index is 12.4. The van der Waals surface area contributed by atoms with Crippen LogP contribution in [0.2, 0.25) is 0 Å². The maximum atomic E-state index is 12.4. The van der Waals surface area contributed by atoms with Crippen molar-refractivity contribution in [3.63, 3.8) is 0 Å². The third-order valence-electron chi connectivity index (χ3n) is 4.69. The number of hydrogen-bond acceptors (Lipinski definition) is 5. The predicted molar refractivity (Wildman–Crippen MR) is 117 cm³/mol. The van der Waals surface area contributed by atoms with E-state index >= 15 is 0 Å². The Bertz CT molecular complexity index is 1170. The Kier molecular flexibility index (Phi) is 5.48. The van der Waals surface area contributed by atoms with Crippen molar-refractivity contribution in [1.29, 1.82) is 0 Å². The highest BCUT2D eigenvalue weighted by Gasteiger charge is 2.08. The zero-order valence-corrected chi connectivity index (χ0v) is 16.5. The molecule has 1 aromatic carbocycles. The van der Waals surface area contributed by atoms with Gasteiger partial charge in [-0.15, -0.1) is 0 Å². The van der Waals surface area contributed by atoms with Crippen LogP contribution in [0.1, 0.15) is 21.7 Å². The van der Waals surface area contributed by atoms with Crippen LogP contribution in [-0.4, -0.2) is 20.9 Å². The molecule has 0 aliphatic heterocycles. The molecule has 0 saturated carbocycles. The average molecular weight is 395 g/mol. The van der Waals surface area contributed by atoms with E-state index in [4.69, 9.17) is 5.73 Å². The molecule has 0 bridgehead atoms. The molecular weight excluding hydrogens is 374 g/mol. The van der Waals surface area contributed by atoms with Crippen molar-refractivity contribution in [3.05, 3.63) is 96.2 Å². The van der Waals surface area contributed by atoms with E-state index in [-0.39, 0.29) is 5.91 Å². The fraction of sp³-hybridized carbons (Fsp3) is 0.0833. The number of carbonyl (C=O) groups is 1. The maximum Gasteiger partial charge on any atom is 0.270 e. The van der Waals surface area contributed by atoms with Crippen molar-refractivity contribution >= 4 is 11.6 Å². The summed E-state index contributed by atoms with van der Waals surface area (Å²) in [6.07, 6.45) is 5.21. The van der Waals surface area contributed by atoms with Gasteiger partial charge in [0, 0.05) is 47.6 Å². The lowest BCUT2D eigenvalue weighted by molar-refractivity contribution is 0.0946. The van der Waals surface area contributed by atoms with E-state index in [1.54, 1.807) is 24.7 Å². The van der Waals surface area contributed by atoms with E-state index in [0.29, 0.717) is 17.9 Å². The highest BCUT2D eigenvalue weighted by Crippen LogP contribution is 2.21.